The second kappa shape index (κ2) is 11.4. The lowest BCUT2D eigenvalue weighted by molar-refractivity contribution is -0.120. The molecule has 1 amide bonds. The van der Waals surface area contributed by atoms with Crippen molar-refractivity contribution in [1.29, 1.82) is 0 Å². The third-order valence-corrected chi connectivity index (χ3v) is 7.60. The number of nitrogens with zero attached hydrogens (tertiary/aromatic N) is 1. The van der Waals surface area contributed by atoms with Crippen LogP contribution in [0.5, 0.6) is 5.75 Å². The Bertz CT molecular complexity index is 1210. The molecular formula is C22H23N3O5S3. The molecule has 0 atom stereocenters. The topological polar surface area (TPSA) is 128 Å². The number of thiazole rings is 1. The van der Waals surface area contributed by atoms with Crippen molar-refractivity contribution in [2.45, 2.75) is 22.1 Å². The van der Waals surface area contributed by atoms with E-state index in [4.69, 9.17) is 9.88 Å². The van der Waals surface area contributed by atoms with Crippen LogP contribution in [-0.4, -0.2) is 44.5 Å². The van der Waals surface area contributed by atoms with Gasteiger partial charge in [0.25, 0.3) is 0 Å². The molecule has 0 fully saturated rings. The van der Waals surface area contributed by atoms with Gasteiger partial charge in [-0.2, -0.15) is 0 Å². The smallest absolute Gasteiger partial charge is 0.238 e. The normalized spacial score (nSPS) is 11.2. The molecule has 3 aromatic rings. The first-order valence-corrected chi connectivity index (χ1v) is 13.3. The number of sulfonamides is 1. The molecule has 174 valence electrons. The van der Waals surface area contributed by atoms with Crippen molar-refractivity contribution >= 4 is 44.8 Å². The number of methoxy groups -OCH3 is 1. The first-order valence-electron chi connectivity index (χ1n) is 9.87. The Morgan fingerprint density at radius 3 is 2.45 bits per heavy atom. The average Bonchev–Trinajstić information content (AvgIpc) is 3.24. The number of thioether (sulfide) groups is 1. The number of hydrogen-bond acceptors (Lipinski definition) is 8. The van der Waals surface area contributed by atoms with Gasteiger partial charge in [-0.25, -0.2) is 18.5 Å². The maximum Gasteiger partial charge on any atom is 0.238 e. The van der Waals surface area contributed by atoms with Crippen molar-refractivity contribution in [1.82, 2.24) is 10.3 Å². The molecule has 3 rings (SSSR count). The minimum Gasteiger partial charge on any atom is -0.497 e. The van der Waals surface area contributed by atoms with E-state index in [1.165, 1.54) is 35.2 Å². The Kier molecular flexibility index (Phi) is 8.61. The van der Waals surface area contributed by atoms with Gasteiger partial charge in [0, 0.05) is 17.5 Å². The highest BCUT2D eigenvalue weighted by atomic mass is 32.2. The summed E-state index contributed by atoms with van der Waals surface area (Å²) in [6, 6.07) is 13.2. The van der Waals surface area contributed by atoms with Crippen LogP contribution in [0, 0.1) is 0 Å². The van der Waals surface area contributed by atoms with Crippen molar-refractivity contribution in [3.63, 3.8) is 0 Å². The number of carbonyl (C=O) groups excluding carboxylic acids is 2. The van der Waals surface area contributed by atoms with E-state index in [-0.39, 0.29) is 28.8 Å². The molecule has 3 N–H and O–H groups in total. The van der Waals surface area contributed by atoms with Crippen LogP contribution in [0.25, 0.3) is 0 Å². The van der Waals surface area contributed by atoms with E-state index in [9.17, 15) is 18.0 Å². The van der Waals surface area contributed by atoms with E-state index in [1.54, 1.807) is 43.5 Å². The molecule has 0 spiro atoms. The number of primary sulfonamides is 1. The standard InChI is InChI=1S/C22H23N3O5S3/c1-30-18-6-4-16(5-7-18)20(26)14-32-22-25-17(13-31-22)12-21(27)24-11-10-15-2-8-19(9-3-15)33(23,28)29/h2-9,13H,10-12,14H2,1H3,(H,24,27)(H2,23,28,29). The fourth-order valence-corrected chi connectivity index (χ4v) is 5.10. The van der Waals surface area contributed by atoms with Gasteiger partial charge >= 0.3 is 0 Å². The fraction of sp³-hybridized carbons (Fsp3) is 0.227. The minimum absolute atomic E-state index is 0.00533. The summed E-state index contributed by atoms with van der Waals surface area (Å²) in [6.07, 6.45) is 0.704. The molecule has 0 bridgehead atoms. The van der Waals surface area contributed by atoms with Crippen molar-refractivity contribution < 1.29 is 22.7 Å². The number of rotatable bonds is 11. The average molecular weight is 506 g/mol. The number of benzene rings is 2. The van der Waals surface area contributed by atoms with Gasteiger partial charge in [-0.15, -0.1) is 11.3 Å². The minimum atomic E-state index is -3.71. The molecule has 0 radical (unpaired) electrons. The molecule has 2 aromatic carbocycles. The number of amides is 1. The molecule has 8 nitrogen and oxygen atoms in total. The summed E-state index contributed by atoms with van der Waals surface area (Å²) in [5.74, 6) is 0.791. The molecule has 1 heterocycles. The van der Waals surface area contributed by atoms with Crippen LogP contribution < -0.4 is 15.2 Å². The van der Waals surface area contributed by atoms with E-state index >= 15 is 0 Å². The number of ether oxygens (including phenoxy) is 1. The van der Waals surface area contributed by atoms with Crippen LogP contribution in [0.4, 0.5) is 0 Å². The summed E-state index contributed by atoms with van der Waals surface area (Å²) in [6.45, 7) is 0.412. The molecule has 0 saturated heterocycles. The van der Waals surface area contributed by atoms with Crippen molar-refractivity contribution in [2.75, 3.05) is 19.4 Å². The molecule has 1 aromatic heterocycles. The first-order chi connectivity index (χ1) is 15.7. The monoisotopic (exact) mass is 505 g/mol. The Morgan fingerprint density at radius 2 is 1.82 bits per heavy atom. The van der Waals surface area contributed by atoms with Crippen LogP contribution in [0.2, 0.25) is 0 Å². The van der Waals surface area contributed by atoms with Crippen molar-refractivity contribution in [3.05, 3.63) is 70.7 Å². The molecular weight excluding hydrogens is 482 g/mol. The van der Waals surface area contributed by atoms with E-state index in [1.807, 2.05) is 5.38 Å². The molecule has 0 aliphatic heterocycles. The van der Waals surface area contributed by atoms with Crippen molar-refractivity contribution in [2.24, 2.45) is 5.14 Å². The third kappa shape index (κ3) is 7.67. The summed E-state index contributed by atoms with van der Waals surface area (Å²) < 4.78 is 28.4. The number of nitrogens with two attached hydrogens (primary N) is 1. The summed E-state index contributed by atoms with van der Waals surface area (Å²) >= 11 is 2.74. The summed E-state index contributed by atoms with van der Waals surface area (Å²) in [7, 11) is -2.14. The van der Waals surface area contributed by atoms with Gasteiger partial charge in [0.1, 0.15) is 5.75 Å². The van der Waals surface area contributed by atoms with Crippen LogP contribution in [0.1, 0.15) is 21.6 Å². The maximum absolute atomic E-state index is 12.3. The van der Waals surface area contributed by atoms with Crippen LogP contribution >= 0.6 is 23.1 Å². The number of aromatic nitrogens is 1. The Labute approximate surface area is 200 Å². The van der Waals surface area contributed by atoms with Gasteiger partial charge in [0.05, 0.1) is 29.9 Å². The second-order valence-electron chi connectivity index (χ2n) is 7.01. The van der Waals surface area contributed by atoms with Crippen molar-refractivity contribution in [3.8, 4) is 5.75 Å². The SMILES string of the molecule is COc1ccc(C(=O)CSc2nc(CC(=O)NCCc3ccc(S(N)(=O)=O)cc3)cs2)cc1. The summed E-state index contributed by atoms with van der Waals surface area (Å²) in [5, 5.41) is 9.72. The lowest BCUT2D eigenvalue weighted by Crippen LogP contribution is -2.27. The zero-order valence-electron chi connectivity index (χ0n) is 17.8. The molecule has 33 heavy (non-hydrogen) atoms. The van der Waals surface area contributed by atoms with Crippen LogP contribution in [0.15, 0.2) is 63.1 Å². The fourth-order valence-electron chi connectivity index (χ4n) is 2.84. The highest BCUT2D eigenvalue weighted by Crippen LogP contribution is 2.24. The summed E-state index contributed by atoms with van der Waals surface area (Å²) in [4.78, 5) is 29.0. The second-order valence-corrected chi connectivity index (χ2v) is 10.7. The molecule has 0 unspecified atom stereocenters. The Hall–Kier alpha value is -2.73. The number of carbonyl (C=O) groups is 2. The Balaban J connectivity index is 1.41. The van der Waals surface area contributed by atoms with E-state index in [2.05, 4.69) is 10.3 Å². The Morgan fingerprint density at radius 1 is 1.12 bits per heavy atom. The van der Waals surface area contributed by atoms with E-state index < -0.39 is 10.0 Å². The quantitative estimate of drug-likeness (QED) is 0.303. The zero-order chi connectivity index (χ0) is 23.8. The third-order valence-electron chi connectivity index (χ3n) is 4.60. The molecule has 0 saturated carbocycles. The lowest BCUT2D eigenvalue weighted by Gasteiger charge is -2.05. The molecule has 11 heteroatoms. The van der Waals surface area contributed by atoms with Crippen LogP contribution in [-0.2, 0) is 27.7 Å². The lowest BCUT2D eigenvalue weighted by atomic mass is 10.1. The first kappa shape index (κ1) is 24.9. The van der Waals surface area contributed by atoms with Gasteiger partial charge in [0.15, 0.2) is 10.1 Å². The van der Waals surface area contributed by atoms with Gasteiger partial charge < -0.3 is 10.1 Å². The predicted octanol–water partition coefficient (Wildman–Crippen LogP) is 2.68. The van der Waals surface area contributed by atoms with Gasteiger partial charge in [-0.3, -0.25) is 9.59 Å². The largest absolute Gasteiger partial charge is 0.497 e. The highest BCUT2D eigenvalue weighted by molar-refractivity contribution is 8.01. The number of hydrogen-bond donors (Lipinski definition) is 2. The molecule has 0 aliphatic carbocycles. The number of Topliss-reactive ketones (excluding diaryl/α,β-unsaturated/α-hetero) is 1. The van der Waals surface area contributed by atoms with E-state index in [0.717, 1.165) is 9.90 Å². The summed E-state index contributed by atoms with van der Waals surface area (Å²) in [5.41, 5.74) is 2.14. The predicted molar refractivity (Wildman–Crippen MR) is 128 cm³/mol. The van der Waals surface area contributed by atoms with E-state index in [0.29, 0.717) is 30.0 Å². The van der Waals surface area contributed by atoms with Gasteiger partial charge in [-0.1, -0.05) is 23.9 Å². The van der Waals surface area contributed by atoms with Crippen LogP contribution in [0.3, 0.4) is 0 Å². The van der Waals surface area contributed by atoms with Gasteiger partial charge in [0.2, 0.25) is 15.9 Å². The highest BCUT2D eigenvalue weighted by Gasteiger charge is 2.12. The molecule has 0 aliphatic rings. The van der Waals surface area contributed by atoms with Gasteiger partial charge in [-0.05, 0) is 48.4 Å². The maximum atomic E-state index is 12.3. The zero-order valence-corrected chi connectivity index (χ0v) is 20.3. The number of nitrogens with one attached hydrogen (secondary N) is 1. The number of ketones is 1.